The first-order chi connectivity index (χ1) is 15.9. The molecule has 4 rings (SSSR count). The Morgan fingerprint density at radius 2 is 1.76 bits per heavy atom. The first-order valence-electron chi connectivity index (χ1n) is 10.9. The molecule has 0 bridgehead atoms. The van der Waals surface area contributed by atoms with Gasteiger partial charge in [-0.15, -0.1) is 0 Å². The Hall–Kier alpha value is -4.01. The number of nitriles is 1. The molecule has 0 spiro atoms. The molecule has 4 aromatic rings. The zero-order valence-corrected chi connectivity index (χ0v) is 19.4. The lowest BCUT2D eigenvalue weighted by Gasteiger charge is -2.14. The van der Waals surface area contributed by atoms with Crippen molar-refractivity contribution in [3.8, 4) is 17.2 Å². The van der Waals surface area contributed by atoms with Crippen LogP contribution in [0.2, 0.25) is 0 Å². The molecule has 5 heteroatoms. The van der Waals surface area contributed by atoms with Crippen LogP contribution >= 0.6 is 0 Å². The van der Waals surface area contributed by atoms with Gasteiger partial charge in [0.1, 0.15) is 11.8 Å². The monoisotopic (exact) mass is 433 g/mol. The minimum Gasteiger partial charge on any atom is -0.355 e. The first-order valence-corrected chi connectivity index (χ1v) is 10.9. The van der Waals surface area contributed by atoms with Crippen molar-refractivity contribution in [2.75, 3.05) is 26.0 Å². The number of hydrogen-bond donors (Lipinski definition) is 1. The molecule has 0 aliphatic rings. The van der Waals surface area contributed by atoms with Crippen molar-refractivity contribution in [1.29, 1.82) is 5.26 Å². The Balaban J connectivity index is 1.65. The van der Waals surface area contributed by atoms with Gasteiger partial charge < -0.3 is 10.2 Å². The average molecular weight is 434 g/mol. The third-order valence-corrected chi connectivity index (χ3v) is 5.41. The lowest BCUT2D eigenvalue weighted by atomic mass is 10.0. The van der Waals surface area contributed by atoms with E-state index in [1.165, 1.54) is 5.56 Å². The molecular weight excluding hydrogens is 406 g/mol. The average Bonchev–Trinajstić information content (AvgIpc) is 2.80. The molecule has 0 saturated heterocycles. The van der Waals surface area contributed by atoms with Gasteiger partial charge in [0.25, 0.3) is 0 Å². The first kappa shape index (κ1) is 22.2. The fraction of sp³-hybridized carbons (Fsp3) is 0.179. The van der Waals surface area contributed by atoms with Crippen molar-refractivity contribution in [2.24, 2.45) is 0 Å². The Labute approximate surface area is 195 Å². The summed E-state index contributed by atoms with van der Waals surface area (Å²) in [4.78, 5) is 11.1. The second-order valence-corrected chi connectivity index (χ2v) is 8.46. The predicted octanol–water partition coefficient (Wildman–Crippen LogP) is 6.10. The van der Waals surface area contributed by atoms with Gasteiger partial charge in [-0.1, -0.05) is 24.3 Å². The molecule has 2 aromatic heterocycles. The van der Waals surface area contributed by atoms with Crippen molar-refractivity contribution in [1.82, 2.24) is 14.9 Å². The molecule has 0 atom stereocenters. The lowest BCUT2D eigenvalue weighted by Crippen LogP contribution is -2.10. The van der Waals surface area contributed by atoms with Crippen molar-refractivity contribution in [3.05, 3.63) is 89.4 Å². The standard InChI is InChI=1S/C28H27N5/c1-19-14-21(6-5-13-33(3)4)16-26-27(15-20(2)31-28(19)26)32-24-10-7-22(8-11-24)23-9-12-25(17-29)30-18-23/h5-12,14-16,18H,13H2,1-4H3,(H,31,32)/b6-5+. The summed E-state index contributed by atoms with van der Waals surface area (Å²) < 4.78 is 0. The molecule has 0 aliphatic heterocycles. The summed E-state index contributed by atoms with van der Waals surface area (Å²) in [7, 11) is 4.13. The second-order valence-electron chi connectivity index (χ2n) is 8.46. The SMILES string of the molecule is Cc1cc(Nc2ccc(-c3ccc(C#N)nc3)cc2)c2cc(/C=C/CN(C)C)cc(C)c2n1. The molecular formula is C28H27N5. The fourth-order valence-electron chi connectivity index (χ4n) is 3.79. The number of aromatic nitrogens is 2. The lowest BCUT2D eigenvalue weighted by molar-refractivity contribution is 0.457. The minimum atomic E-state index is 0.420. The molecule has 2 heterocycles. The Bertz CT molecular complexity index is 1340. The maximum atomic E-state index is 8.94. The summed E-state index contributed by atoms with van der Waals surface area (Å²) >= 11 is 0. The number of rotatable bonds is 6. The number of hydrogen-bond acceptors (Lipinski definition) is 5. The quantitative estimate of drug-likeness (QED) is 0.398. The van der Waals surface area contributed by atoms with E-state index in [1.807, 2.05) is 13.0 Å². The van der Waals surface area contributed by atoms with Gasteiger partial charge in [0.15, 0.2) is 0 Å². The van der Waals surface area contributed by atoms with Crippen LogP contribution in [0.4, 0.5) is 11.4 Å². The van der Waals surface area contributed by atoms with Gasteiger partial charge >= 0.3 is 0 Å². The number of anilines is 2. The molecule has 1 N–H and O–H groups in total. The molecule has 0 aliphatic carbocycles. The number of nitrogens with one attached hydrogen (secondary N) is 1. The third kappa shape index (κ3) is 5.25. The van der Waals surface area contributed by atoms with Gasteiger partial charge in [0, 0.05) is 40.8 Å². The van der Waals surface area contributed by atoms with Crippen LogP contribution in [0.15, 0.2) is 66.9 Å². The number of pyridine rings is 2. The summed E-state index contributed by atoms with van der Waals surface area (Å²) in [6.45, 7) is 5.04. The number of benzene rings is 2. The Morgan fingerprint density at radius 1 is 1.00 bits per heavy atom. The Morgan fingerprint density at radius 3 is 2.42 bits per heavy atom. The van der Waals surface area contributed by atoms with Crippen molar-refractivity contribution >= 4 is 28.4 Å². The van der Waals surface area contributed by atoms with Crippen molar-refractivity contribution < 1.29 is 0 Å². The molecule has 33 heavy (non-hydrogen) atoms. The van der Waals surface area contributed by atoms with E-state index >= 15 is 0 Å². The highest BCUT2D eigenvalue weighted by atomic mass is 15.0. The van der Waals surface area contributed by atoms with E-state index in [-0.39, 0.29) is 0 Å². The van der Waals surface area contributed by atoms with E-state index in [1.54, 1.807) is 12.3 Å². The van der Waals surface area contributed by atoms with Crippen LogP contribution in [0, 0.1) is 25.2 Å². The van der Waals surface area contributed by atoms with E-state index in [9.17, 15) is 0 Å². The van der Waals surface area contributed by atoms with Crippen molar-refractivity contribution in [3.63, 3.8) is 0 Å². The molecule has 2 aromatic carbocycles. The van der Waals surface area contributed by atoms with Gasteiger partial charge in [-0.3, -0.25) is 4.98 Å². The van der Waals surface area contributed by atoms with Crippen LogP contribution in [-0.2, 0) is 0 Å². The molecule has 0 unspecified atom stereocenters. The highest BCUT2D eigenvalue weighted by Gasteiger charge is 2.09. The van der Waals surface area contributed by atoms with Crippen LogP contribution in [0.1, 0.15) is 22.5 Å². The molecule has 0 saturated carbocycles. The number of likely N-dealkylation sites (N-methyl/N-ethyl adjacent to an activating group) is 1. The fourth-order valence-corrected chi connectivity index (χ4v) is 3.79. The number of fused-ring (bicyclic) bond motifs is 1. The van der Waals surface area contributed by atoms with E-state index in [4.69, 9.17) is 10.2 Å². The summed E-state index contributed by atoms with van der Waals surface area (Å²) in [5.41, 5.74) is 8.81. The van der Waals surface area contributed by atoms with E-state index < -0.39 is 0 Å². The predicted molar refractivity (Wildman–Crippen MR) is 136 cm³/mol. The van der Waals surface area contributed by atoms with Gasteiger partial charge in [0.2, 0.25) is 0 Å². The maximum Gasteiger partial charge on any atom is 0.140 e. The van der Waals surface area contributed by atoms with Gasteiger partial charge in [-0.25, -0.2) is 4.98 Å². The topological polar surface area (TPSA) is 64.8 Å². The normalized spacial score (nSPS) is 11.3. The van der Waals surface area contributed by atoms with Crippen LogP contribution in [-0.4, -0.2) is 35.5 Å². The zero-order valence-electron chi connectivity index (χ0n) is 19.4. The molecule has 0 radical (unpaired) electrons. The van der Waals surface area contributed by atoms with Gasteiger partial charge in [-0.2, -0.15) is 5.26 Å². The van der Waals surface area contributed by atoms with Crippen LogP contribution in [0.25, 0.3) is 28.1 Å². The maximum absolute atomic E-state index is 8.94. The summed E-state index contributed by atoms with van der Waals surface area (Å²) in [5, 5.41) is 13.6. The molecule has 5 nitrogen and oxygen atoms in total. The second kappa shape index (κ2) is 9.64. The van der Waals surface area contributed by atoms with Crippen LogP contribution < -0.4 is 5.32 Å². The molecule has 0 amide bonds. The van der Waals surface area contributed by atoms with E-state index in [2.05, 4.69) is 96.9 Å². The highest BCUT2D eigenvalue weighted by Crippen LogP contribution is 2.31. The molecule has 164 valence electrons. The van der Waals surface area contributed by atoms with E-state index in [0.29, 0.717) is 5.69 Å². The van der Waals surface area contributed by atoms with Crippen LogP contribution in [0.5, 0.6) is 0 Å². The molecule has 0 fully saturated rings. The van der Waals surface area contributed by atoms with Crippen molar-refractivity contribution in [2.45, 2.75) is 13.8 Å². The van der Waals surface area contributed by atoms with Crippen LogP contribution in [0.3, 0.4) is 0 Å². The smallest absolute Gasteiger partial charge is 0.140 e. The summed E-state index contributed by atoms with van der Waals surface area (Å²) in [6, 6.07) is 20.4. The number of nitrogens with zero attached hydrogens (tertiary/aromatic N) is 4. The van der Waals surface area contributed by atoms with Gasteiger partial charge in [0.05, 0.1) is 5.52 Å². The summed E-state index contributed by atoms with van der Waals surface area (Å²) in [6.07, 6.45) is 6.07. The zero-order chi connectivity index (χ0) is 23.4. The minimum absolute atomic E-state index is 0.420. The largest absolute Gasteiger partial charge is 0.355 e. The van der Waals surface area contributed by atoms with Gasteiger partial charge in [-0.05, 0) is 87.1 Å². The third-order valence-electron chi connectivity index (χ3n) is 5.41. The van der Waals surface area contributed by atoms with E-state index in [0.717, 1.165) is 51.2 Å². The summed E-state index contributed by atoms with van der Waals surface area (Å²) in [5.74, 6) is 0. The highest BCUT2D eigenvalue weighted by molar-refractivity contribution is 5.96. The Kier molecular flexibility index (Phi) is 6.48. The number of aryl methyl sites for hydroxylation is 2.